The summed E-state index contributed by atoms with van der Waals surface area (Å²) in [6, 6.07) is 0. The molecule has 0 aliphatic heterocycles. The molecular weight excluding hydrogens is 160 g/mol. The monoisotopic (exact) mass is 172 g/mol. The van der Waals surface area contributed by atoms with Crippen molar-refractivity contribution in [2.75, 3.05) is 0 Å². The quantitative estimate of drug-likeness (QED) is 0.494. The van der Waals surface area contributed by atoms with E-state index >= 15 is 0 Å². The predicted octanol–water partition coefficient (Wildman–Crippen LogP) is 1.13. The van der Waals surface area contributed by atoms with Crippen LogP contribution in [0.15, 0.2) is 11.6 Å². The van der Waals surface area contributed by atoms with Crippen LogP contribution in [0.1, 0.15) is 20.8 Å². The van der Waals surface area contributed by atoms with Gasteiger partial charge >= 0.3 is 11.9 Å². The van der Waals surface area contributed by atoms with Crippen molar-refractivity contribution < 1.29 is 19.8 Å². The van der Waals surface area contributed by atoms with Crippen molar-refractivity contribution in [1.29, 1.82) is 0 Å². The van der Waals surface area contributed by atoms with Gasteiger partial charge in [0.2, 0.25) is 0 Å². The van der Waals surface area contributed by atoms with Gasteiger partial charge < -0.3 is 10.2 Å². The Labute approximate surface area is 70.5 Å². The van der Waals surface area contributed by atoms with Crippen LogP contribution >= 0.6 is 0 Å². The second-order valence-electron chi connectivity index (χ2n) is 3.03. The third-order valence-corrected chi connectivity index (χ3v) is 1.47. The lowest BCUT2D eigenvalue weighted by Crippen LogP contribution is -2.34. The molecule has 0 spiro atoms. The maximum atomic E-state index is 10.6. The maximum Gasteiger partial charge on any atom is 0.324 e. The number of carboxylic acid groups (broad SMARTS) is 2. The number of hydrogen-bond acceptors (Lipinski definition) is 2. The van der Waals surface area contributed by atoms with Crippen LogP contribution in [-0.4, -0.2) is 22.2 Å². The van der Waals surface area contributed by atoms with Gasteiger partial charge in [-0.3, -0.25) is 9.59 Å². The molecule has 0 fully saturated rings. The Morgan fingerprint density at radius 2 is 1.50 bits per heavy atom. The zero-order chi connectivity index (χ0) is 9.94. The van der Waals surface area contributed by atoms with Gasteiger partial charge in [-0.1, -0.05) is 11.6 Å². The number of allylic oxidation sites excluding steroid dienone is 1. The van der Waals surface area contributed by atoms with Gasteiger partial charge in [-0.2, -0.15) is 0 Å². The lowest BCUT2D eigenvalue weighted by Gasteiger charge is -2.15. The van der Waals surface area contributed by atoms with Crippen LogP contribution in [0.4, 0.5) is 0 Å². The number of hydrogen-bond donors (Lipinski definition) is 2. The fourth-order valence-corrected chi connectivity index (χ4v) is 0.792. The average molecular weight is 172 g/mol. The van der Waals surface area contributed by atoms with E-state index in [9.17, 15) is 9.59 Å². The van der Waals surface area contributed by atoms with Crippen LogP contribution < -0.4 is 0 Å². The zero-order valence-corrected chi connectivity index (χ0v) is 7.29. The minimum absolute atomic E-state index is 0.669. The molecule has 0 aliphatic rings. The van der Waals surface area contributed by atoms with Crippen LogP contribution in [0.3, 0.4) is 0 Å². The van der Waals surface area contributed by atoms with E-state index in [-0.39, 0.29) is 0 Å². The number of carboxylic acids is 2. The molecule has 68 valence electrons. The van der Waals surface area contributed by atoms with Crippen LogP contribution in [0.5, 0.6) is 0 Å². The summed E-state index contributed by atoms with van der Waals surface area (Å²) < 4.78 is 0. The van der Waals surface area contributed by atoms with Crippen LogP contribution in [0, 0.1) is 5.41 Å². The lowest BCUT2D eigenvalue weighted by atomic mass is 9.89. The SMILES string of the molecule is CC(C)=CC(C)(C(=O)O)C(=O)O. The summed E-state index contributed by atoms with van der Waals surface area (Å²) in [5.41, 5.74) is -1.14. The summed E-state index contributed by atoms with van der Waals surface area (Å²) in [5.74, 6) is -2.70. The van der Waals surface area contributed by atoms with Crippen LogP contribution in [0.2, 0.25) is 0 Å². The molecule has 0 aromatic carbocycles. The molecule has 0 unspecified atom stereocenters. The fraction of sp³-hybridized carbons (Fsp3) is 0.500. The molecule has 2 N–H and O–H groups in total. The third kappa shape index (κ3) is 2.08. The van der Waals surface area contributed by atoms with Gasteiger partial charge in [0.25, 0.3) is 0 Å². The highest BCUT2D eigenvalue weighted by atomic mass is 16.4. The molecule has 0 rings (SSSR count). The molecule has 0 saturated heterocycles. The minimum Gasteiger partial charge on any atom is -0.480 e. The average Bonchev–Trinajstić information content (AvgIpc) is 1.84. The predicted molar refractivity (Wildman–Crippen MR) is 42.8 cm³/mol. The van der Waals surface area contributed by atoms with Crippen molar-refractivity contribution in [3.05, 3.63) is 11.6 Å². The van der Waals surface area contributed by atoms with E-state index in [0.717, 1.165) is 6.92 Å². The molecule has 0 radical (unpaired) electrons. The largest absolute Gasteiger partial charge is 0.480 e. The molecule has 0 aromatic rings. The van der Waals surface area contributed by atoms with E-state index in [1.807, 2.05) is 0 Å². The van der Waals surface area contributed by atoms with Gasteiger partial charge in [-0.05, 0) is 20.8 Å². The Hall–Kier alpha value is -1.32. The minimum atomic E-state index is -1.81. The fourth-order valence-electron chi connectivity index (χ4n) is 0.792. The van der Waals surface area contributed by atoms with E-state index < -0.39 is 17.4 Å². The van der Waals surface area contributed by atoms with E-state index in [4.69, 9.17) is 10.2 Å². The number of carbonyl (C=O) groups is 2. The summed E-state index contributed by atoms with van der Waals surface area (Å²) in [7, 11) is 0. The van der Waals surface area contributed by atoms with Crippen LogP contribution in [0.25, 0.3) is 0 Å². The van der Waals surface area contributed by atoms with E-state index in [2.05, 4.69) is 0 Å². The topological polar surface area (TPSA) is 74.6 Å². The summed E-state index contributed by atoms with van der Waals surface area (Å²) in [4.78, 5) is 21.1. The molecule has 0 bridgehead atoms. The number of rotatable bonds is 3. The normalized spacial score (nSPS) is 10.6. The second kappa shape index (κ2) is 3.38. The van der Waals surface area contributed by atoms with Crippen molar-refractivity contribution in [2.45, 2.75) is 20.8 Å². The Morgan fingerprint density at radius 3 is 1.58 bits per heavy atom. The Kier molecular flexibility index (Phi) is 3.01. The molecule has 0 saturated carbocycles. The molecule has 0 atom stereocenters. The molecule has 0 amide bonds. The molecule has 4 nitrogen and oxygen atoms in total. The van der Waals surface area contributed by atoms with Crippen molar-refractivity contribution in [3.8, 4) is 0 Å². The van der Waals surface area contributed by atoms with E-state index in [0.29, 0.717) is 5.57 Å². The number of aliphatic carboxylic acids is 2. The Balaban J connectivity index is 5.02. The van der Waals surface area contributed by atoms with Gasteiger partial charge in [0, 0.05) is 0 Å². The van der Waals surface area contributed by atoms with E-state index in [1.165, 1.54) is 6.08 Å². The van der Waals surface area contributed by atoms with Crippen LogP contribution in [-0.2, 0) is 9.59 Å². The van der Waals surface area contributed by atoms with E-state index in [1.54, 1.807) is 13.8 Å². The molecule has 0 heterocycles. The smallest absolute Gasteiger partial charge is 0.324 e. The van der Waals surface area contributed by atoms with Gasteiger partial charge in [0.05, 0.1) is 0 Å². The highest BCUT2D eigenvalue weighted by Crippen LogP contribution is 2.20. The third-order valence-electron chi connectivity index (χ3n) is 1.47. The molecule has 0 aromatic heterocycles. The molecule has 0 aliphatic carbocycles. The maximum absolute atomic E-state index is 10.6. The lowest BCUT2D eigenvalue weighted by molar-refractivity contribution is -0.159. The van der Waals surface area contributed by atoms with Crippen molar-refractivity contribution in [3.63, 3.8) is 0 Å². The second-order valence-corrected chi connectivity index (χ2v) is 3.03. The zero-order valence-electron chi connectivity index (χ0n) is 7.29. The standard InChI is InChI=1S/C8H12O4/c1-5(2)4-8(3,6(9)10)7(11)12/h4H,1-3H3,(H,9,10)(H,11,12). The van der Waals surface area contributed by atoms with Crippen molar-refractivity contribution >= 4 is 11.9 Å². The summed E-state index contributed by atoms with van der Waals surface area (Å²) >= 11 is 0. The molecular formula is C8H12O4. The molecule has 4 heteroatoms. The Morgan fingerprint density at radius 1 is 1.17 bits per heavy atom. The first-order valence-electron chi connectivity index (χ1n) is 3.43. The van der Waals surface area contributed by atoms with Gasteiger partial charge in [0.1, 0.15) is 0 Å². The summed E-state index contributed by atoms with van der Waals surface area (Å²) in [6.45, 7) is 4.47. The van der Waals surface area contributed by atoms with Gasteiger partial charge in [-0.15, -0.1) is 0 Å². The Bertz CT molecular complexity index is 221. The molecule has 12 heavy (non-hydrogen) atoms. The van der Waals surface area contributed by atoms with Gasteiger partial charge in [0.15, 0.2) is 5.41 Å². The summed E-state index contributed by atoms with van der Waals surface area (Å²) in [6.07, 6.45) is 1.22. The highest BCUT2D eigenvalue weighted by molar-refractivity contribution is 6.00. The first kappa shape index (κ1) is 10.7. The first-order valence-corrected chi connectivity index (χ1v) is 3.43. The summed E-state index contributed by atoms with van der Waals surface area (Å²) in [5, 5.41) is 17.3. The van der Waals surface area contributed by atoms with Gasteiger partial charge in [-0.25, -0.2) is 0 Å². The van der Waals surface area contributed by atoms with Crippen molar-refractivity contribution in [1.82, 2.24) is 0 Å². The first-order chi connectivity index (χ1) is 5.30. The van der Waals surface area contributed by atoms with Crippen molar-refractivity contribution in [2.24, 2.45) is 5.41 Å². The highest BCUT2D eigenvalue weighted by Gasteiger charge is 2.39.